The monoisotopic (exact) mass is 187 g/mol. The van der Waals surface area contributed by atoms with Gasteiger partial charge in [0.1, 0.15) is 0 Å². The fourth-order valence-electron chi connectivity index (χ4n) is 1.23. The predicted molar refractivity (Wildman–Crippen MR) is 55.4 cm³/mol. The maximum Gasteiger partial charge on any atom is 0.0908 e. The molecule has 0 fully saturated rings. The fraction of sp³-hybridized carbons (Fsp3) is 0.250. The SMILES string of the molecule is N#C/C=C/CC[C@H](O)c1ccccc1. The number of nitriles is 1. The Hall–Kier alpha value is -1.59. The highest BCUT2D eigenvalue weighted by atomic mass is 16.3. The maximum atomic E-state index is 9.70. The van der Waals surface area contributed by atoms with E-state index in [9.17, 15) is 5.11 Å². The van der Waals surface area contributed by atoms with Crippen LogP contribution < -0.4 is 0 Å². The number of allylic oxidation sites excluding steroid dienone is 2. The zero-order valence-corrected chi connectivity index (χ0v) is 7.93. The molecule has 0 aliphatic rings. The first kappa shape index (κ1) is 10.5. The van der Waals surface area contributed by atoms with E-state index in [4.69, 9.17) is 5.26 Å². The lowest BCUT2D eigenvalue weighted by Crippen LogP contribution is -1.95. The van der Waals surface area contributed by atoms with Gasteiger partial charge in [-0.1, -0.05) is 36.4 Å². The van der Waals surface area contributed by atoms with E-state index < -0.39 is 6.10 Å². The van der Waals surface area contributed by atoms with Crippen molar-refractivity contribution in [3.63, 3.8) is 0 Å². The van der Waals surface area contributed by atoms with Crippen molar-refractivity contribution >= 4 is 0 Å². The molecule has 1 aromatic rings. The van der Waals surface area contributed by atoms with Crippen LogP contribution >= 0.6 is 0 Å². The Balaban J connectivity index is 2.40. The smallest absolute Gasteiger partial charge is 0.0908 e. The minimum absolute atomic E-state index is 0.431. The van der Waals surface area contributed by atoms with Crippen molar-refractivity contribution in [2.75, 3.05) is 0 Å². The predicted octanol–water partition coefficient (Wildman–Crippen LogP) is 2.58. The first-order valence-corrected chi connectivity index (χ1v) is 4.62. The van der Waals surface area contributed by atoms with E-state index in [0.29, 0.717) is 6.42 Å². The molecular weight excluding hydrogens is 174 g/mol. The minimum Gasteiger partial charge on any atom is -0.388 e. The molecule has 2 heteroatoms. The van der Waals surface area contributed by atoms with Gasteiger partial charge in [0, 0.05) is 6.08 Å². The molecule has 0 amide bonds. The number of aliphatic hydroxyl groups excluding tert-OH is 1. The lowest BCUT2D eigenvalue weighted by Gasteiger charge is -2.08. The molecule has 0 heterocycles. The Morgan fingerprint density at radius 3 is 2.71 bits per heavy atom. The van der Waals surface area contributed by atoms with Crippen LogP contribution in [0.3, 0.4) is 0 Å². The summed E-state index contributed by atoms with van der Waals surface area (Å²) in [5, 5.41) is 18.0. The third-order valence-corrected chi connectivity index (χ3v) is 1.98. The number of nitrogens with zero attached hydrogens (tertiary/aromatic N) is 1. The van der Waals surface area contributed by atoms with Gasteiger partial charge in [-0.05, 0) is 18.4 Å². The Bertz CT molecular complexity index is 324. The highest BCUT2D eigenvalue weighted by molar-refractivity contribution is 5.17. The van der Waals surface area contributed by atoms with Crippen LogP contribution in [-0.2, 0) is 0 Å². The van der Waals surface area contributed by atoms with Crippen molar-refractivity contribution in [2.24, 2.45) is 0 Å². The minimum atomic E-state index is -0.431. The number of hydrogen-bond donors (Lipinski definition) is 1. The van der Waals surface area contributed by atoms with Crippen LogP contribution in [0.2, 0.25) is 0 Å². The summed E-state index contributed by atoms with van der Waals surface area (Å²) in [7, 11) is 0. The van der Waals surface area contributed by atoms with E-state index in [1.807, 2.05) is 36.4 Å². The molecule has 0 bridgehead atoms. The van der Waals surface area contributed by atoms with Crippen LogP contribution in [0.15, 0.2) is 42.5 Å². The quantitative estimate of drug-likeness (QED) is 0.736. The van der Waals surface area contributed by atoms with E-state index in [-0.39, 0.29) is 0 Å². The van der Waals surface area contributed by atoms with Crippen LogP contribution in [0.25, 0.3) is 0 Å². The van der Waals surface area contributed by atoms with Gasteiger partial charge in [0.15, 0.2) is 0 Å². The van der Waals surface area contributed by atoms with Gasteiger partial charge in [-0.3, -0.25) is 0 Å². The molecule has 0 saturated heterocycles. The summed E-state index contributed by atoms with van der Waals surface area (Å²) in [6.07, 6.45) is 4.16. The maximum absolute atomic E-state index is 9.70. The molecule has 0 aliphatic heterocycles. The van der Waals surface area contributed by atoms with Gasteiger partial charge < -0.3 is 5.11 Å². The van der Waals surface area contributed by atoms with Gasteiger partial charge in [-0.15, -0.1) is 0 Å². The van der Waals surface area contributed by atoms with Gasteiger partial charge in [0.2, 0.25) is 0 Å². The Labute approximate surface area is 84.1 Å². The Morgan fingerprint density at radius 2 is 2.07 bits per heavy atom. The molecule has 1 rings (SSSR count). The van der Waals surface area contributed by atoms with Gasteiger partial charge in [0.25, 0.3) is 0 Å². The molecule has 14 heavy (non-hydrogen) atoms. The van der Waals surface area contributed by atoms with Crippen molar-refractivity contribution < 1.29 is 5.11 Å². The topological polar surface area (TPSA) is 44.0 Å². The van der Waals surface area contributed by atoms with Gasteiger partial charge in [-0.25, -0.2) is 0 Å². The summed E-state index contributed by atoms with van der Waals surface area (Å²) in [5.74, 6) is 0. The molecule has 1 N–H and O–H groups in total. The van der Waals surface area contributed by atoms with Gasteiger partial charge in [-0.2, -0.15) is 5.26 Å². The Morgan fingerprint density at radius 1 is 1.36 bits per heavy atom. The molecule has 72 valence electrons. The average Bonchev–Trinajstić information content (AvgIpc) is 2.25. The van der Waals surface area contributed by atoms with Crippen molar-refractivity contribution in [1.82, 2.24) is 0 Å². The molecule has 1 atom stereocenters. The second-order valence-corrected chi connectivity index (χ2v) is 3.04. The van der Waals surface area contributed by atoms with Gasteiger partial charge >= 0.3 is 0 Å². The van der Waals surface area contributed by atoms with Gasteiger partial charge in [0.05, 0.1) is 12.2 Å². The van der Waals surface area contributed by atoms with Crippen molar-refractivity contribution in [3.8, 4) is 6.07 Å². The molecule has 0 aliphatic carbocycles. The number of benzene rings is 1. The lowest BCUT2D eigenvalue weighted by atomic mass is 10.1. The number of hydrogen-bond acceptors (Lipinski definition) is 2. The molecule has 0 spiro atoms. The van der Waals surface area contributed by atoms with E-state index in [2.05, 4.69) is 0 Å². The highest BCUT2D eigenvalue weighted by Crippen LogP contribution is 2.17. The van der Waals surface area contributed by atoms with E-state index in [0.717, 1.165) is 12.0 Å². The molecule has 0 aromatic heterocycles. The van der Waals surface area contributed by atoms with E-state index in [1.165, 1.54) is 6.08 Å². The van der Waals surface area contributed by atoms with Crippen molar-refractivity contribution in [3.05, 3.63) is 48.0 Å². The van der Waals surface area contributed by atoms with Crippen LogP contribution in [0, 0.1) is 11.3 Å². The molecular formula is C12H13NO. The largest absolute Gasteiger partial charge is 0.388 e. The second kappa shape index (κ2) is 5.95. The fourth-order valence-corrected chi connectivity index (χ4v) is 1.23. The first-order valence-electron chi connectivity index (χ1n) is 4.62. The summed E-state index contributed by atoms with van der Waals surface area (Å²) in [5.41, 5.74) is 0.929. The summed E-state index contributed by atoms with van der Waals surface area (Å²) in [4.78, 5) is 0. The normalized spacial score (nSPS) is 12.6. The zero-order valence-electron chi connectivity index (χ0n) is 7.93. The van der Waals surface area contributed by atoms with Crippen LogP contribution in [0.4, 0.5) is 0 Å². The molecule has 2 nitrogen and oxygen atoms in total. The standard InChI is InChI=1S/C12H13NO/c13-10-6-2-5-9-12(14)11-7-3-1-4-8-11/h1-4,6-8,12,14H,5,9H2/b6-2+/t12-/m0/s1. The zero-order chi connectivity index (χ0) is 10.2. The molecule has 0 radical (unpaired) electrons. The summed E-state index contributed by atoms with van der Waals surface area (Å²) < 4.78 is 0. The summed E-state index contributed by atoms with van der Waals surface area (Å²) in [6.45, 7) is 0. The first-order chi connectivity index (χ1) is 6.84. The summed E-state index contributed by atoms with van der Waals surface area (Å²) >= 11 is 0. The molecule has 0 saturated carbocycles. The highest BCUT2D eigenvalue weighted by Gasteiger charge is 2.04. The van der Waals surface area contributed by atoms with Crippen molar-refractivity contribution in [1.29, 1.82) is 5.26 Å². The Kier molecular flexibility index (Phi) is 4.46. The molecule has 1 aromatic carbocycles. The van der Waals surface area contributed by atoms with E-state index in [1.54, 1.807) is 6.08 Å². The number of rotatable bonds is 4. The van der Waals surface area contributed by atoms with Crippen LogP contribution in [0.5, 0.6) is 0 Å². The third-order valence-electron chi connectivity index (χ3n) is 1.98. The lowest BCUT2D eigenvalue weighted by molar-refractivity contribution is 0.169. The third kappa shape index (κ3) is 3.42. The number of aliphatic hydroxyl groups is 1. The van der Waals surface area contributed by atoms with Crippen LogP contribution in [0.1, 0.15) is 24.5 Å². The summed E-state index contributed by atoms with van der Waals surface area (Å²) in [6, 6.07) is 11.5. The average molecular weight is 187 g/mol. The van der Waals surface area contributed by atoms with E-state index >= 15 is 0 Å². The van der Waals surface area contributed by atoms with Crippen molar-refractivity contribution in [2.45, 2.75) is 18.9 Å². The second-order valence-electron chi connectivity index (χ2n) is 3.04. The van der Waals surface area contributed by atoms with Crippen LogP contribution in [-0.4, -0.2) is 5.11 Å². The molecule has 0 unspecified atom stereocenters.